The summed E-state index contributed by atoms with van der Waals surface area (Å²) in [6, 6.07) is 5.73. The SMILES string of the molecule is Cc1cc(Nc2nc(NC3C[C@H]4CC[C@@H](C3)N4CCC#N)nn2C)n[nH]1. The average molecular weight is 355 g/mol. The van der Waals surface area contributed by atoms with Gasteiger partial charge in [0.25, 0.3) is 0 Å². The number of anilines is 3. The molecule has 9 nitrogen and oxygen atoms in total. The maximum absolute atomic E-state index is 8.85. The number of aromatic amines is 1. The molecular formula is C17H25N9. The Bertz CT molecular complexity index is 788. The van der Waals surface area contributed by atoms with Crippen LogP contribution in [0.25, 0.3) is 0 Å². The highest BCUT2D eigenvalue weighted by Crippen LogP contribution is 2.36. The van der Waals surface area contributed by atoms with Crippen molar-refractivity contribution in [3.8, 4) is 6.07 Å². The number of nitrogens with one attached hydrogen (secondary N) is 3. The third-order valence-electron chi connectivity index (χ3n) is 5.41. The molecule has 3 N–H and O–H groups in total. The van der Waals surface area contributed by atoms with E-state index in [4.69, 9.17) is 5.26 Å². The number of aryl methyl sites for hydroxylation is 2. The van der Waals surface area contributed by atoms with Crippen LogP contribution >= 0.6 is 0 Å². The van der Waals surface area contributed by atoms with E-state index in [9.17, 15) is 0 Å². The molecule has 0 aromatic carbocycles. The van der Waals surface area contributed by atoms with Crippen LogP contribution in [0.2, 0.25) is 0 Å². The largest absolute Gasteiger partial charge is 0.350 e. The first-order valence-electron chi connectivity index (χ1n) is 9.21. The van der Waals surface area contributed by atoms with Crippen molar-refractivity contribution in [2.45, 2.75) is 57.2 Å². The van der Waals surface area contributed by atoms with E-state index in [1.165, 1.54) is 12.8 Å². The molecule has 2 fully saturated rings. The number of fused-ring (bicyclic) bond motifs is 2. The number of hydrogen-bond donors (Lipinski definition) is 3. The maximum atomic E-state index is 8.85. The molecule has 3 atom stereocenters. The van der Waals surface area contributed by atoms with Crippen molar-refractivity contribution in [3.05, 3.63) is 11.8 Å². The van der Waals surface area contributed by atoms with Crippen LogP contribution in [0.4, 0.5) is 17.7 Å². The lowest BCUT2D eigenvalue weighted by atomic mass is 9.97. The second kappa shape index (κ2) is 6.96. The highest BCUT2D eigenvalue weighted by Gasteiger charge is 2.40. The molecule has 2 aliphatic rings. The second-order valence-corrected chi connectivity index (χ2v) is 7.29. The quantitative estimate of drug-likeness (QED) is 0.726. The van der Waals surface area contributed by atoms with E-state index in [0.29, 0.717) is 36.4 Å². The summed E-state index contributed by atoms with van der Waals surface area (Å²) in [6.07, 6.45) is 5.25. The first kappa shape index (κ1) is 16.8. The molecule has 4 heterocycles. The van der Waals surface area contributed by atoms with Crippen LogP contribution in [0.1, 0.15) is 37.8 Å². The topological polar surface area (TPSA) is 110 Å². The van der Waals surface area contributed by atoms with E-state index in [1.807, 2.05) is 20.0 Å². The Morgan fingerprint density at radius 3 is 2.77 bits per heavy atom. The van der Waals surface area contributed by atoms with Crippen LogP contribution in [-0.2, 0) is 7.05 Å². The van der Waals surface area contributed by atoms with Crippen molar-refractivity contribution in [2.75, 3.05) is 17.2 Å². The number of H-pyrrole nitrogens is 1. The molecule has 26 heavy (non-hydrogen) atoms. The van der Waals surface area contributed by atoms with Crippen molar-refractivity contribution in [2.24, 2.45) is 7.05 Å². The summed E-state index contributed by atoms with van der Waals surface area (Å²) in [5, 5.41) is 27.1. The zero-order chi connectivity index (χ0) is 18.1. The molecule has 138 valence electrons. The van der Waals surface area contributed by atoms with Gasteiger partial charge < -0.3 is 10.6 Å². The van der Waals surface area contributed by atoms with Crippen LogP contribution in [0.15, 0.2) is 6.07 Å². The molecule has 0 amide bonds. The number of aromatic nitrogens is 5. The molecule has 2 aromatic rings. The van der Waals surface area contributed by atoms with Crippen molar-refractivity contribution in [1.29, 1.82) is 5.26 Å². The molecule has 2 bridgehead atoms. The van der Waals surface area contributed by atoms with E-state index in [0.717, 1.165) is 30.9 Å². The van der Waals surface area contributed by atoms with E-state index in [1.54, 1.807) is 4.68 Å². The van der Waals surface area contributed by atoms with Crippen LogP contribution < -0.4 is 10.6 Å². The number of piperidine rings is 1. The minimum Gasteiger partial charge on any atom is -0.350 e. The third kappa shape index (κ3) is 3.37. The molecular weight excluding hydrogens is 330 g/mol. The van der Waals surface area contributed by atoms with Gasteiger partial charge in [-0.25, -0.2) is 4.68 Å². The van der Waals surface area contributed by atoms with Gasteiger partial charge in [0.05, 0.1) is 6.07 Å². The number of rotatable bonds is 6. The Labute approximate surface area is 152 Å². The minimum atomic E-state index is 0.383. The van der Waals surface area contributed by atoms with Gasteiger partial charge in [0, 0.05) is 49.9 Å². The molecule has 4 rings (SSSR count). The Hall–Kier alpha value is -2.60. The van der Waals surface area contributed by atoms with Crippen molar-refractivity contribution >= 4 is 17.7 Å². The van der Waals surface area contributed by atoms with E-state index >= 15 is 0 Å². The van der Waals surface area contributed by atoms with Gasteiger partial charge in [-0.2, -0.15) is 15.3 Å². The summed E-state index contributed by atoms with van der Waals surface area (Å²) >= 11 is 0. The summed E-state index contributed by atoms with van der Waals surface area (Å²) in [7, 11) is 1.87. The van der Waals surface area contributed by atoms with Gasteiger partial charge in [0.1, 0.15) is 0 Å². The van der Waals surface area contributed by atoms with Crippen molar-refractivity contribution < 1.29 is 0 Å². The van der Waals surface area contributed by atoms with Gasteiger partial charge in [-0.3, -0.25) is 10.00 Å². The Morgan fingerprint density at radius 1 is 1.35 bits per heavy atom. The molecule has 9 heteroatoms. The predicted octanol–water partition coefficient (Wildman–Crippen LogP) is 1.91. The van der Waals surface area contributed by atoms with Crippen LogP contribution in [0.5, 0.6) is 0 Å². The molecule has 0 spiro atoms. The van der Waals surface area contributed by atoms with Crippen molar-refractivity contribution in [1.82, 2.24) is 29.9 Å². The Morgan fingerprint density at radius 2 is 2.12 bits per heavy atom. The van der Waals surface area contributed by atoms with E-state index in [-0.39, 0.29) is 0 Å². The molecule has 2 aliphatic heterocycles. The summed E-state index contributed by atoms with van der Waals surface area (Å²) in [5.41, 5.74) is 0.992. The molecule has 2 aromatic heterocycles. The van der Waals surface area contributed by atoms with Gasteiger partial charge in [0.2, 0.25) is 11.9 Å². The third-order valence-corrected chi connectivity index (χ3v) is 5.41. The van der Waals surface area contributed by atoms with Gasteiger partial charge >= 0.3 is 0 Å². The van der Waals surface area contributed by atoms with Gasteiger partial charge in [-0.1, -0.05) is 0 Å². The molecule has 0 saturated carbocycles. The molecule has 0 aliphatic carbocycles. The zero-order valence-electron chi connectivity index (χ0n) is 15.2. The molecule has 0 radical (unpaired) electrons. The fourth-order valence-corrected chi connectivity index (χ4v) is 4.27. The van der Waals surface area contributed by atoms with Gasteiger partial charge in [-0.15, -0.1) is 5.10 Å². The number of nitrogens with zero attached hydrogens (tertiary/aromatic N) is 6. The lowest BCUT2D eigenvalue weighted by Gasteiger charge is -2.38. The summed E-state index contributed by atoms with van der Waals surface area (Å²) < 4.78 is 1.73. The minimum absolute atomic E-state index is 0.383. The Balaban J connectivity index is 1.38. The first-order valence-corrected chi connectivity index (χ1v) is 9.21. The predicted molar refractivity (Wildman–Crippen MR) is 98.0 cm³/mol. The zero-order valence-corrected chi connectivity index (χ0v) is 15.2. The Kier molecular flexibility index (Phi) is 4.51. The summed E-state index contributed by atoms with van der Waals surface area (Å²) in [4.78, 5) is 7.09. The highest BCUT2D eigenvalue weighted by atomic mass is 15.4. The van der Waals surface area contributed by atoms with Crippen LogP contribution in [-0.4, -0.2) is 54.5 Å². The van der Waals surface area contributed by atoms with Crippen LogP contribution in [0, 0.1) is 18.3 Å². The summed E-state index contributed by atoms with van der Waals surface area (Å²) in [5.74, 6) is 2.04. The standard InChI is InChI=1S/C17H25N9/c1-11-8-15(23-22-11)20-17-21-16(24-25(17)2)19-12-9-13-4-5-14(10-12)26(13)7-3-6-18/h8,12-14H,3-5,7,9-10H2,1-2H3,(H3,19,20,21,22,23,24)/t12?,13-,14+. The van der Waals surface area contributed by atoms with Gasteiger partial charge in [0.15, 0.2) is 5.82 Å². The molecule has 1 unspecified atom stereocenters. The van der Waals surface area contributed by atoms with E-state index in [2.05, 4.69) is 41.9 Å². The monoisotopic (exact) mass is 355 g/mol. The smallest absolute Gasteiger partial charge is 0.244 e. The fourth-order valence-electron chi connectivity index (χ4n) is 4.27. The molecule has 2 saturated heterocycles. The van der Waals surface area contributed by atoms with Crippen LogP contribution in [0.3, 0.4) is 0 Å². The number of hydrogen-bond acceptors (Lipinski definition) is 7. The lowest BCUT2D eigenvalue weighted by Crippen LogP contribution is -2.47. The lowest BCUT2D eigenvalue weighted by molar-refractivity contribution is 0.135. The normalized spacial score (nSPS) is 25.2. The second-order valence-electron chi connectivity index (χ2n) is 7.29. The number of nitriles is 1. The van der Waals surface area contributed by atoms with E-state index < -0.39 is 0 Å². The summed E-state index contributed by atoms with van der Waals surface area (Å²) in [6.45, 7) is 2.86. The maximum Gasteiger partial charge on any atom is 0.244 e. The fraction of sp³-hybridized carbons (Fsp3) is 0.647. The first-order chi connectivity index (χ1) is 12.6. The van der Waals surface area contributed by atoms with Gasteiger partial charge in [-0.05, 0) is 32.6 Å². The average Bonchev–Trinajstić information content (AvgIpc) is 3.23. The highest BCUT2D eigenvalue weighted by molar-refractivity contribution is 5.50. The van der Waals surface area contributed by atoms with Crippen molar-refractivity contribution in [3.63, 3.8) is 0 Å².